The summed E-state index contributed by atoms with van der Waals surface area (Å²) < 4.78 is 35.8. The van der Waals surface area contributed by atoms with Gasteiger partial charge in [-0.3, -0.25) is 38.1 Å². The van der Waals surface area contributed by atoms with Crippen molar-refractivity contribution in [1.82, 2.24) is 35.5 Å². The van der Waals surface area contributed by atoms with Gasteiger partial charge in [0.1, 0.15) is 34.7 Å². The fraction of sp³-hybridized carbons (Fsp3) is 0.556. The van der Waals surface area contributed by atoms with Crippen molar-refractivity contribution >= 4 is 50.8 Å². The second kappa shape index (κ2) is 15.3. The Morgan fingerprint density at radius 1 is 1.06 bits per heavy atom. The highest BCUT2D eigenvalue weighted by Crippen LogP contribution is 2.47. The standard InChI is InChI=1S/C36H47FN8O8S/c1-35(2,51)29-19-40-43-45(29)25-17-28(33(49)42-36(30(46)31(38)47)10-12-54(52,53)13-11-36)44(20-25)34(50)27(14-21-6-4-3-5-7-21)41-32(48)26-16-22-8-9-24(37)15-23(22)18-39-26/h8-9,15-16,18-19,21,25,27-28,51-53H,3-7,10-14,17,20H2,1-2H3,(H2,38,47)(H,41,48)(H,42,49)/t25-,27?,28-/m0/s1. The predicted octanol–water partition coefficient (Wildman–Crippen LogP) is 2.56. The molecule has 18 heteroatoms. The minimum absolute atomic E-state index is 0.0109. The largest absolute Gasteiger partial charge is 0.384 e. The van der Waals surface area contributed by atoms with Crippen molar-refractivity contribution in [2.45, 2.75) is 101 Å². The van der Waals surface area contributed by atoms with E-state index in [-0.39, 0.29) is 55.3 Å². The molecule has 2 aliphatic heterocycles. The van der Waals surface area contributed by atoms with Crippen molar-refractivity contribution in [3.8, 4) is 0 Å². The Balaban J connectivity index is 1.34. The maximum absolute atomic E-state index is 14.8. The first-order valence-electron chi connectivity index (χ1n) is 18.2. The molecule has 4 heterocycles. The van der Waals surface area contributed by atoms with Gasteiger partial charge in [0.05, 0.1) is 17.9 Å². The van der Waals surface area contributed by atoms with Crippen molar-refractivity contribution in [3.63, 3.8) is 0 Å². The summed E-state index contributed by atoms with van der Waals surface area (Å²) in [6.45, 7) is 3.01. The molecule has 3 aliphatic rings. The number of carbonyl (C=O) groups excluding carboxylic acids is 5. The lowest BCUT2D eigenvalue weighted by Crippen LogP contribution is -2.64. The molecule has 3 aromatic rings. The van der Waals surface area contributed by atoms with Gasteiger partial charge in [-0.25, -0.2) is 9.07 Å². The van der Waals surface area contributed by atoms with Gasteiger partial charge in [-0.05, 0) is 62.6 Å². The van der Waals surface area contributed by atoms with E-state index >= 15 is 0 Å². The molecule has 0 bridgehead atoms. The van der Waals surface area contributed by atoms with E-state index in [0.29, 0.717) is 16.5 Å². The number of likely N-dealkylation sites (tertiary alicyclic amines) is 1. The Morgan fingerprint density at radius 2 is 1.76 bits per heavy atom. The lowest BCUT2D eigenvalue weighted by molar-refractivity contribution is -0.145. The average Bonchev–Trinajstić information content (AvgIpc) is 3.81. The van der Waals surface area contributed by atoms with Crippen LogP contribution in [0.3, 0.4) is 0 Å². The Morgan fingerprint density at radius 3 is 2.43 bits per heavy atom. The van der Waals surface area contributed by atoms with Crippen LogP contribution in [0.5, 0.6) is 0 Å². The van der Waals surface area contributed by atoms with Crippen LogP contribution >= 0.6 is 10.6 Å². The van der Waals surface area contributed by atoms with Gasteiger partial charge in [0.25, 0.3) is 11.8 Å². The van der Waals surface area contributed by atoms with Crippen LogP contribution in [0.4, 0.5) is 4.39 Å². The first-order valence-corrected chi connectivity index (χ1v) is 20.0. The van der Waals surface area contributed by atoms with Gasteiger partial charge >= 0.3 is 0 Å². The highest BCUT2D eigenvalue weighted by atomic mass is 32.3. The number of nitrogens with one attached hydrogen (secondary N) is 2. The fourth-order valence-corrected chi connectivity index (χ4v) is 9.50. The summed E-state index contributed by atoms with van der Waals surface area (Å²) in [6.07, 6.45) is 7.16. The summed E-state index contributed by atoms with van der Waals surface area (Å²) in [6, 6.07) is 2.57. The summed E-state index contributed by atoms with van der Waals surface area (Å²) in [5.41, 5.74) is 2.52. The number of rotatable bonds is 11. The Kier molecular flexibility index (Phi) is 11.1. The molecule has 0 spiro atoms. The minimum atomic E-state index is -3.05. The normalized spacial score (nSPS) is 22.7. The number of halogens is 1. The highest BCUT2D eigenvalue weighted by Gasteiger charge is 2.51. The molecule has 1 aromatic carbocycles. The first-order chi connectivity index (χ1) is 25.5. The van der Waals surface area contributed by atoms with Crippen LogP contribution in [-0.2, 0) is 24.8 Å². The summed E-state index contributed by atoms with van der Waals surface area (Å²) in [5, 5.41) is 25.6. The van der Waals surface area contributed by atoms with Crippen LogP contribution in [-0.4, -0.2) is 104 Å². The van der Waals surface area contributed by atoms with E-state index in [2.05, 4.69) is 25.9 Å². The number of primary amides is 1. The maximum atomic E-state index is 14.8. The summed E-state index contributed by atoms with van der Waals surface area (Å²) >= 11 is 0. The van der Waals surface area contributed by atoms with E-state index in [1.807, 2.05) is 0 Å². The zero-order valence-electron chi connectivity index (χ0n) is 30.2. The second-order valence-corrected chi connectivity index (χ2v) is 17.7. The Bertz CT molecular complexity index is 1930. The second-order valence-electron chi connectivity index (χ2n) is 15.3. The Labute approximate surface area is 312 Å². The van der Waals surface area contributed by atoms with E-state index in [1.54, 1.807) is 13.8 Å². The number of fused-ring (bicyclic) bond motifs is 1. The van der Waals surface area contributed by atoms with Crippen molar-refractivity contribution in [1.29, 1.82) is 0 Å². The van der Waals surface area contributed by atoms with Gasteiger partial charge in [-0.1, -0.05) is 43.4 Å². The number of benzene rings is 1. The van der Waals surface area contributed by atoms with Crippen LogP contribution in [0.1, 0.15) is 93.9 Å². The number of hydrogen-bond donors (Lipinski definition) is 6. The molecule has 2 saturated heterocycles. The van der Waals surface area contributed by atoms with E-state index < -0.39 is 75.1 Å². The first kappa shape index (κ1) is 39.2. The molecule has 0 radical (unpaired) electrons. The maximum Gasteiger partial charge on any atom is 0.287 e. The highest BCUT2D eigenvalue weighted by molar-refractivity contribution is 8.24. The van der Waals surface area contributed by atoms with Gasteiger partial charge in [-0.15, -0.1) is 5.10 Å². The molecule has 4 amide bonds. The molecular weight excluding hydrogens is 724 g/mol. The third-order valence-corrected chi connectivity index (χ3v) is 12.7. The SMILES string of the molecule is CC(C)(O)c1cnnn1[C@H]1C[C@@H](C(=O)NC2(C(=O)C(N)=O)CCS(O)(O)CC2)N(C(=O)C(CC2CCCCC2)NC(=O)c2cc3ccc(F)cc3cn2)C1. The van der Waals surface area contributed by atoms with Crippen LogP contribution in [0.15, 0.2) is 36.7 Å². The molecule has 6 rings (SSSR count). The van der Waals surface area contributed by atoms with Crippen LogP contribution in [0, 0.1) is 11.7 Å². The molecule has 3 fully saturated rings. The predicted molar refractivity (Wildman–Crippen MR) is 195 cm³/mol. The van der Waals surface area contributed by atoms with Crippen molar-refractivity contribution in [2.24, 2.45) is 11.7 Å². The fourth-order valence-electron chi connectivity index (χ4n) is 7.95. The van der Waals surface area contributed by atoms with Crippen LogP contribution in [0.2, 0.25) is 0 Å². The van der Waals surface area contributed by atoms with Crippen LogP contribution < -0.4 is 16.4 Å². The molecule has 292 valence electrons. The number of nitrogens with two attached hydrogens (primary N) is 1. The lowest BCUT2D eigenvalue weighted by Gasteiger charge is -2.45. The monoisotopic (exact) mass is 770 g/mol. The van der Waals surface area contributed by atoms with Gasteiger partial charge in [0, 0.05) is 36.1 Å². The van der Waals surface area contributed by atoms with Crippen LogP contribution in [0.25, 0.3) is 10.8 Å². The molecule has 1 saturated carbocycles. The van der Waals surface area contributed by atoms with Crippen molar-refractivity contribution in [3.05, 3.63) is 53.9 Å². The number of aromatic nitrogens is 4. The summed E-state index contributed by atoms with van der Waals surface area (Å²) in [5.74, 6) is -5.23. The van der Waals surface area contributed by atoms with Gasteiger partial charge in [0.15, 0.2) is 0 Å². The number of amides is 4. The molecule has 7 N–H and O–H groups in total. The molecular formula is C36H47FN8O8S. The molecule has 1 aliphatic carbocycles. The third-order valence-electron chi connectivity index (χ3n) is 11.0. The van der Waals surface area contributed by atoms with Gasteiger partial charge in [0.2, 0.25) is 17.6 Å². The molecule has 16 nitrogen and oxygen atoms in total. The topological polar surface area (TPSA) is 243 Å². The lowest BCUT2D eigenvalue weighted by atomic mass is 9.84. The molecule has 2 aromatic heterocycles. The van der Waals surface area contributed by atoms with Crippen molar-refractivity contribution < 1.29 is 42.6 Å². The zero-order chi connectivity index (χ0) is 39.0. The number of nitrogens with zero attached hydrogens (tertiary/aromatic N) is 5. The van der Waals surface area contributed by atoms with Gasteiger partial charge < -0.3 is 26.4 Å². The van der Waals surface area contributed by atoms with E-state index in [9.17, 15) is 42.6 Å². The van der Waals surface area contributed by atoms with Crippen molar-refractivity contribution in [2.75, 3.05) is 18.1 Å². The van der Waals surface area contributed by atoms with Gasteiger partial charge in [-0.2, -0.15) is 10.6 Å². The van der Waals surface area contributed by atoms with E-state index in [4.69, 9.17) is 5.73 Å². The number of carbonyl (C=O) groups is 5. The molecule has 54 heavy (non-hydrogen) atoms. The third kappa shape index (κ3) is 8.40. The number of aliphatic hydroxyl groups is 1. The smallest absolute Gasteiger partial charge is 0.287 e. The zero-order valence-corrected chi connectivity index (χ0v) is 31.1. The number of hydrogen-bond acceptors (Lipinski definition) is 11. The number of pyridine rings is 1. The average molecular weight is 771 g/mol. The summed E-state index contributed by atoms with van der Waals surface area (Å²) in [4.78, 5) is 74.0. The Hall–Kier alpha value is -4.52. The van der Waals surface area contributed by atoms with E-state index in [0.717, 1.165) is 32.1 Å². The summed E-state index contributed by atoms with van der Waals surface area (Å²) in [7, 11) is -3.05. The minimum Gasteiger partial charge on any atom is -0.384 e. The molecule has 1 unspecified atom stereocenters. The molecule has 3 atom stereocenters. The number of ketones is 1. The quantitative estimate of drug-likeness (QED) is 0.155. The van der Waals surface area contributed by atoms with E-state index in [1.165, 1.54) is 46.2 Å². The number of Topliss-reactive ketones (excluding diaryl/α,β-unsaturated/α-hetero) is 1.